The minimum Gasteiger partial charge on any atom is -0.326 e. The summed E-state index contributed by atoms with van der Waals surface area (Å²) in [6.07, 6.45) is 0. The van der Waals surface area contributed by atoms with Crippen LogP contribution in [0.1, 0.15) is 32.6 Å². The summed E-state index contributed by atoms with van der Waals surface area (Å²) < 4.78 is 0. The van der Waals surface area contributed by atoms with E-state index in [9.17, 15) is 4.79 Å². The van der Waals surface area contributed by atoms with Gasteiger partial charge in [-0.2, -0.15) is 0 Å². The molecule has 0 aliphatic heterocycles. The second kappa shape index (κ2) is 5.88. The number of aryl methyl sites for hydroxylation is 3. The van der Waals surface area contributed by atoms with Crippen LogP contribution in [-0.2, 0) is 6.54 Å². The van der Waals surface area contributed by atoms with Crippen molar-refractivity contribution < 1.29 is 4.79 Å². The molecule has 0 saturated heterocycles. The van der Waals surface area contributed by atoms with Crippen LogP contribution in [0.4, 0.5) is 5.69 Å². The molecule has 0 bridgehead atoms. The molecule has 0 heterocycles. The van der Waals surface area contributed by atoms with Gasteiger partial charge < -0.3 is 11.1 Å². The van der Waals surface area contributed by atoms with E-state index >= 15 is 0 Å². The lowest BCUT2D eigenvalue weighted by Crippen LogP contribution is -2.15. The molecule has 2 rings (SSSR count). The number of carbonyl (C=O) groups is 1. The third-order valence-electron chi connectivity index (χ3n) is 3.35. The predicted molar refractivity (Wildman–Crippen MR) is 82.9 cm³/mol. The van der Waals surface area contributed by atoms with Gasteiger partial charge in [0.15, 0.2) is 0 Å². The van der Waals surface area contributed by atoms with E-state index < -0.39 is 0 Å². The normalized spacial score (nSPS) is 10.4. The first-order chi connectivity index (χ1) is 9.51. The van der Waals surface area contributed by atoms with Crippen molar-refractivity contribution in [3.8, 4) is 0 Å². The molecule has 1 amide bonds. The Kier molecular flexibility index (Phi) is 4.20. The molecule has 3 nitrogen and oxygen atoms in total. The molecule has 2 aromatic carbocycles. The van der Waals surface area contributed by atoms with E-state index in [1.54, 1.807) is 0 Å². The van der Waals surface area contributed by atoms with E-state index in [1.807, 2.05) is 57.2 Å². The van der Waals surface area contributed by atoms with E-state index in [-0.39, 0.29) is 5.91 Å². The van der Waals surface area contributed by atoms with E-state index in [4.69, 9.17) is 5.73 Å². The second-order valence-electron chi connectivity index (χ2n) is 5.13. The number of anilines is 1. The zero-order valence-corrected chi connectivity index (χ0v) is 12.2. The molecule has 2 aromatic rings. The highest BCUT2D eigenvalue weighted by Gasteiger charge is 2.12. The molecule has 3 N–H and O–H groups in total. The van der Waals surface area contributed by atoms with Crippen LogP contribution in [0.15, 0.2) is 36.4 Å². The maximum atomic E-state index is 12.4. The molecule has 104 valence electrons. The average molecular weight is 268 g/mol. The third-order valence-corrected chi connectivity index (χ3v) is 3.35. The zero-order valence-electron chi connectivity index (χ0n) is 12.2. The van der Waals surface area contributed by atoms with Gasteiger partial charge in [0.1, 0.15) is 0 Å². The number of nitrogens with two attached hydrogens (primary N) is 1. The Labute approximate surface area is 119 Å². The van der Waals surface area contributed by atoms with Gasteiger partial charge in [0.2, 0.25) is 0 Å². The molecule has 20 heavy (non-hydrogen) atoms. The van der Waals surface area contributed by atoms with Crippen LogP contribution in [0, 0.1) is 20.8 Å². The number of hydrogen-bond acceptors (Lipinski definition) is 2. The Morgan fingerprint density at radius 3 is 2.10 bits per heavy atom. The highest BCUT2D eigenvalue weighted by Crippen LogP contribution is 2.18. The monoisotopic (exact) mass is 268 g/mol. The Balaban J connectivity index is 2.23. The fourth-order valence-electron chi connectivity index (χ4n) is 2.46. The van der Waals surface area contributed by atoms with Gasteiger partial charge in [-0.15, -0.1) is 0 Å². The van der Waals surface area contributed by atoms with E-state index in [0.29, 0.717) is 6.54 Å². The number of nitrogens with one attached hydrogen (secondary N) is 1. The smallest absolute Gasteiger partial charge is 0.256 e. The lowest BCUT2D eigenvalue weighted by atomic mass is 9.99. The van der Waals surface area contributed by atoms with Crippen molar-refractivity contribution in [1.82, 2.24) is 0 Å². The van der Waals surface area contributed by atoms with Crippen molar-refractivity contribution in [3.63, 3.8) is 0 Å². The Hall–Kier alpha value is -2.13. The largest absolute Gasteiger partial charge is 0.326 e. The van der Waals surface area contributed by atoms with Crippen LogP contribution in [0.25, 0.3) is 0 Å². The average Bonchev–Trinajstić information content (AvgIpc) is 2.38. The summed E-state index contributed by atoms with van der Waals surface area (Å²) in [5.74, 6) is -0.0690. The van der Waals surface area contributed by atoms with Crippen LogP contribution < -0.4 is 11.1 Å². The van der Waals surface area contributed by atoms with Crippen molar-refractivity contribution >= 4 is 11.6 Å². The highest BCUT2D eigenvalue weighted by molar-refractivity contribution is 6.06. The van der Waals surface area contributed by atoms with E-state index in [0.717, 1.165) is 27.9 Å². The molecule has 0 spiro atoms. The van der Waals surface area contributed by atoms with Crippen molar-refractivity contribution in [2.45, 2.75) is 27.3 Å². The van der Waals surface area contributed by atoms with Crippen molar-refractivity contribution in [2.75, 3.05) is 5.32 Å². The molecule has 0 radical (unpaired) electrons. The van der Waals surface area contributed by atoms with Gasteiger partial charge >= 0.3 is 0 Å². The fraction of sp³-hybridized carbons (Fsp3) is 0.235. The van der Waals surface area contributed by atoms with Crippen LogP contribution in [0.5, 0.6) is 0 Å². The zero-order chi connectivity index (χ0) is 14.7. The number of rotatable bonds is 3. The van der Waals surface area contributed by atoms with Crippen LogP contribution in [-0.4, -0.2) is 5.91 Å². The molecule has 0 aromatic heterocycles. The van der Waals surface area contributed by atoms with Crippen LogP contribution in [0.2, 0.25) is 0 Å². The highest BCUT2D eigenvalue weighted by atomic mass is 16.1. The standard InChI is InChI=1S/C17H20N2O/c1-11-8-12(2)16(13(3)9-11)17(20)19-15-6-4-14(10-18)5-7-15/h4-9H,10,18H2,1-3H3,(H,19,20). The predicted octanol–water partition coefficient (Wildman–Crippen LogP) is 3.32. The summed E-state index contributed by atoms with van der Waals surface area (Å²) in [5.41, 5.74) is 11.3. The van der Waals surface area contributed by atoms with E-state index in [2.05, 4.69) is 5.32 Å². The van der Waals surface area contributed by atoms with Gasteiger partial charge in [-0.05, 0) is 49.6 Å². The summed E-state index contributed by atoms with van der Waals surface area (Å²) in [6.45, 7) is 6.47. The molecule has 0 saturated carbocycles. The summed E-state index contributed by atoms with van der Waals surface area (Å²) in [5, 5.41) is 2.93. The Morgan fingerprint density at radius 1 is 1.05 bits per heavy atom. The Bertz CT molecular complexity index is 607. The first-order valence-corrected chi connectivity index (χ1v) is 6.69. The molecule has 0 fully saturated rings. The fourth-order valence-corrected chi connectivity index (χ4v) is 2.46. The third kappa shape index (κ3) is 3.06. The lowest BCUT2D eigenvalue weighted by molar-refractivity contribution is 0.102. The first-order valence-electron chi connectivity index (χ1n) is 6.69. The van der Waals surface area contributed by atoms with Crippen LogP contribution >= 0.6 is 0 Å². The van der Waals surface area contributed by atoms with Crippen LogP contribution in [0.3, 0.4) is 0 Å². The van der Waals surface area contributed by atoms with Crippen molar-refractivity contribution in [3.05, 3.63) is 64.2 Å². The molecule has 0 aliphatic rings. The minimum absolute atomic E-state index is 0.0690. The molecular formula is C17H20N2O. The van der Waals surface area contributed by atoms with Gasteiger partial charge in [-0.25, -0.2) is 0 Å². The number of amides is 1. The van der Waals surface area contributed by atoms with Gasteiger partial charge in [0.05, 0.1) is 0 Å². The topological polar surface area (TPSA) is 55.1 Å². The van der Waals surface area contributed by atoms with Gasteiger partial charge in [0, 0.05) is 17.8 Å². The lowest BCUT2D eigenvalue weighted by Gasteiger charge is -2.12. The quantitative estimate of drug-likeness (QED) is 0.897. The molecule has 3 heteroatoms. The summed E-state index contributed by atoms with van der Waals surface area (Å²) in [7, 11) is 0. The summed E-state index contributed by atoms with van der Waals surface area (Å²) >= 11 is 0. The summed E-state index contributed by atoms with van der Waals surface area (Å²) in [6, 6.07) is 11.6. The molecule has 0 unspecified atom stereocenters. The molecular weight excluding hydrogens is 248 g/mol. The number of carbonyl (C=O) groups excluding carboxylic acids is 1. The number of benzene rings is 2. The van der Waals surface area contributed by atoms with Gasteiger partial charge in [-0.3, -0.25) is 4.79 Å². The Morgan fingerprint density at radius 2 is 1.60 bits per heavy atom. The van der Waals surface area contributed by atoms with Gasteiger partial charge in [-0.1, -0.05) is 29.8 Å². The maximum Gasteiger partial charge on any atom is 0.256 e. The summed E-state index contributed by atoms with van der Waals surface area (Å²) in [4.78, 5) is 12.4. The second-order valence-corrected chi connectivity index (χ2v) is 5.13. The maximum absolute atomic E-state index is 12.4. The molecule has 0 aliphatic carbocycles. The molecule has 0 atom stereocenters. The number of hydrogen-bond donors (Lipinski definition) is 2. The SMILES string of the molecule is Cc1cc(C)c(C(=O)Nc2ccc(CN)cc2)c(C)c1. The van der Waals surface area contributed by atoms with E-state index in [1.165, 1.54) is 5.56 Å². The first kappa shape index (κ1) is 14.3. The van der Waals surface area contributed by atoms with Crippen molar-refractivity contribution in [1.29, 1.82) is 0 Å². The van der Waals surface area contributed by atoms with Gasteiger partial charge in [0.25, 0.3) is 5.91 Å². The van der Waals surface area contributed by atoms with Crippen molar-refractivity contribution in [2.24, 2.45) is 5.73 Å². The minimum atomic E-state index is -0.0690.